The molecule has 0 fully saturated rings. The number of halogens is 1. The van der Waals surface area contributed by atoms with Gasteiger partial charge in [0, 0.05) is 6.07 Å². The van der Waals surface area contributed by atoms with Crippen LogP contribution in [0.15, 0.2) is 22.7 Å². The summed E-state index contributed by atoms with van der Waals surface area (Å²) >= 11 is 0. The molecule has 1 aromatic heterocycles. The van der Waals surface area contributed by atoms with Gasteiger partial charge in [0.05, 0.1) is 5.39 Å². The standard InChI is InChI=1S/C7H3FNO/c8-6-2-1-5-4-9-10-7(5)3-6/h1-3H. The summed E-state index contributed by atoms with van der Waals surface area (Å²) in [4.78, 5) is 0. The van der Waals surface area contributed by atoms with Gasteiger partial charge in [0.15, 0.2) is 5.58 Å². The fraction of sp³-hybridized carbons (Fsp3) is 0. The van der Waals surface area contributed by atoms with Crippen LogP contribution in [0.3, 0.4) is 0 Å². The third kappa shape index (κ3) is 0.673. The Morgan fingerprint density at radius 3 is 3.30 bits per heavy atom. The maximum absolute atomic E-state index is 12.4. The molecule has 0 saturated carbocycles. The van der Waals surface area contributed by atoms with Crippen molar-refractivity contribution in [2.75, 3.05) is 0 Å². The third-order valence-corrected chi connectivity index (χ3v) is 1.25. The highest BCUT2D eigenvalue weighted by atomic mass is 19.1. The summed E-state index contributed by atoms with van der Waals surface area (Å²) in [6.07, 6.45) is 2.56. The van der Waals surface area contributed by atoms with E-state index in [1.165, 1.54) is 12.1 Å². The van der Waals surface area contributed by atoms with Gasteiger partial charge >= 0.3 is 0 Å². The number of hydrogen-bond donors (Lipinski definition) is 0. The first-order valence-electron chi connectivity index (χ1n) is 2.79. The highest BCUT2D eigenvalue weighted by Crippen LogP contribution is 2.12. The molecule has 1 aromatic carbocycles. The summed E-state index contributed by atoms with van der Waals surface area (Å²) in [6, 6.07) is 4.19. The van der Waals surface area contributed by atoms with Gasteiger partial charge in [-0.25, -0.2) is 4.39 Å². The Labute approximate surface area is 56.2 Å². The van der Waals surface area contributed by atoms with Crippen molar-refractivity contribution in [3.63, 3.8) is 0 Å². The van der Waals surface area contributed by atoms with Crippen molar-refractivity contribution in [1.29, 1.82) is 0 Å². The molecule has 0 aliphatic carbocycles. The molecule has 2 rings (SSSR count). The summed E-state index contributed by atoms with van der Waals surface area (Å²) in [6.45, 7) is 0. The largest absolute Gasteiger partial charge is 0.355 e. The van der Waals surface area contributed by atoms with E-state index in [0.717, 1.165) is 0 Å². The molecule has 2 aromatic rings. The first-order chi connectivity index (χ1) is 4.86. The van der Waals surface area contributed by atoms with Gasteiger partial charge in [-0.15, -0.1) is 0 Å². The minimum Gasteiger partial charge on any atom is -0.355 e. The topological polar surface area (TPSA) is 26.0 Å². The molecule has 3 heteroatoms. The zero-order valence-electron chi connectivity index (χ0n) is 4.97. The summed E-state index contributed by atoms with van der Waals surface area (Å²) in [7, 11) is 0. The van der Waals surface area contributed by atoms with Gasteiger partial charge in [0.25, 0.3) is 0 Å². The Kier molecular flexibility index (Phi) is 0.974. The molecule has 0 saturated heterocycles. The van der Waals surface area contributed by atoms with Crippen LogP contribution in [0.2, 0.25) is 0 Å². The van der Waals surface area contributed by atoms with E-state index < -0.39 is 0 Å². The Balaban J connectivity index is 2.86. The molecule has 0 atom stereocenters. The van der Waals surface area contributed by atoms with Crippen molar-refractivity contribution in [2.45, 2.75) is 0 Å². The molecule has 0 aliphatic heterocycles. The number of aromatic nitrogens is 1. The summed E-state index contributed by atoms with van der Waals surface area (Å²) < 4.78 is 17.1. The second-order valence-corrected chi connectivity index (χ2v) is 1.93. The Hall–Kier alpha value is -1.38. The van der Waals surface area contributed by atoms with E-state index in [1.807, 2.05) is 0 Å². The molecule has 0 N–H and O–H groups in total. The Morgan fingerprint density at radius 2 is 2.40 bits per heavy atom. The molecular weight excluding hydrogens is 133 g/mol. The normalized spacial score (nSPS) is 10.5. The van der Waals surface area contributed by atoms with E-state index in [0.29, 0.717) is 11.0 Å². The zero-order chi connectivity index (χ0) is 6.97. The number of nitrogens with zero attached hydrogens (tertiary/aromatic N) is 1. The Morgan fingerprint density at radius 1 is 1.50 bits per heavy atom. The van der Waals surface area contributed by atoms with Crippen molar-refractivity contribution in [3.8, 4) is 0 Å². The number of hydrogen-bond acceptors (Lipinski definition) is 2. The van der Waals surface area contributed by atoms with Crippen LogP contribution in [0, 0.1) is 12.0 Å². The number of fused-ring (bicyclic) bond motifs is 1. The highest BCUT2D eigenvalue weighted by molar-refractivity contribution is 5.74. The first kappa shape index (κ1) is 5.41. The van der Waals surface area contributed by atoms with Crippen LogP contribution in [0.25, 0.3) is 11.0 Å². The molecule has 0 bridgehead atoms. The van der Waals surface area contributed by atoms with Crippen LogP contribution in [0.4, 0.5) is 4.39 Å². The molecule has 0 aliphatic rings. The molecule has 49 valence electrons. The van der Waals surface area contributed by atoms with E-state index in [2.05, 4.69) is 15.9 Å². The molecule has 2 nitrogen and oxygen atoms in total. The lowest BCUT2D eigenvalue weighted by molar-refractivity contribution is 0.453. The predicted octanol–water partition coefficient (Wildman–Crippen LogP) is 1.77. The van der Waals surface area contributed by atoms with E-state index in [9.17, 15) is 4.39 Å². The van der Waals surface area contributed by atoms with Gasteiger partial charge in [-0.2, -0.15) is 0 Å². The summed E-state index contributed by atoms with van der Waals surface area (Å²) in [5, 5.41) is 4.07. The molecule has 0 spiro atoms. The average Bonchev–Trinajstić information content (AvgIpc) is 2.33. The van der Waals surface area contributed by atoms with Crippen LogP contribution in [0.1, 0.15) is 0 Å². The van der Waals surface area contributed by atoms with Gasteiger partial charge in [0.1, 0.15) is 12.0 Å². The minimum atomic E-state index is -0.322. The van der Waals surface area contributed by atoms with E-state index >= 15 is 0 Å². The summed E-state index contributed by atoms with van der Waals surface area (Å²) in [5.74, 6) is -0.322. The molecule has 0 unspecified atom stereocenters. The molecule has 0 amide bonds. The van der Waals surface area contributed by atoms with E-state index in [4.69, 9.17) is 0 Å². The number of rotatable bonds is 0. The van der Waals surface area contributed by atoms with Crippen molar-refractivity contribution in [2.24, 2.45) is 0 Å². The fourth-order valence-electron chi connectivity index (χ4n) is 0.785. The molecular formula is C7H3FNO. The van der Waals surface area contributed by atoms with Crippen LogP contribution < -0.4 is 0 Å². The SMILES string of the molecule is Fc1ccc2[c]noc2c1. The third-order valence-electron chi connectivity index (χ3n) is 1.25. The maximum atomic E-state index is 12.4. The quantitative estimate of drug-likeness (QED) is 0.551. The molecule has 10 heavy (non-hydrogen) atoms. The maximum Gasteiger partial charge on any atom is 0.170 e. The van der Waals surface area contributed by atoms with Crippen molar-refractivity contribution in [3.05, 3.63) is 30.2 Å². The molecule has 1 radical (unpaired) electrons. The van der Waals surface area contributed by atoms with Gasteiger partial charge < -0.3 is 4.52 Å². The second-order valence-electron chi connectivity index (χ2n) is 1.93. The van der Waals surface area contributed by atoms with Crippen molar-refractivity contribution in [1.82, 2.24) is 5.16 Å². The summed E-state index contributed by atoms with van der Waals surface area (Å²) in [5.41, 5.74) is 0.431. The van der Waals surface area contributed by atoms with Crippen LogP contribution in [0.5, 0.6) is 0 Å². The molecule has 1 heterocycles. The van der Waals surface area contributed by atoms with Crippen LogP contribution in [-0.2, 0) is 0 Å². The second kappa shape index (κ2) is 1.80. The van der Waals surface area contributed by atoms with Crippen molar-refractivity contribution >= 4 is 11.0 Å². The number of benzene rings is 1. The smallest absolute Gasteiger partial charge is 0.170 e. The zero-order valence-corrected chi connectivity index (χ0v) is 4.97. The Bertz CT molecular complexity index is 355. The van der Waals surface area contributed by atoms with Crippen LogP contribution in [-0.4, -0.2) is 5.16 Å². The highest BCUT2D eigenvalue weighted by Gasteiger charge is 1.98. The van der Waals surface area contributed by atoms with Gasteiger partial charge in [-0.1, -0.05) is 5.16 Å². The van der Waals surface area contributed by atoms with Gasteiger partial charge in [-0.3, -0.25) is 0 Å². The lowest BCUT2D eigenvalue weighted by Gasteiger charge is -1.83. The van der Waals surface area contributed by atoms with E-state index in [1.54, 1.807) is 6.07 Å². The van der Waals surface area contributed by atoms with Gasteiger partial charge in [0.2, 0.25) is 0 Å². The van der Waals surface area contributed by atoms with E-state index in [-0.39, 0.29) is 5.82 Å². The lowest BCUT2D eigenvalue weighted by atomic mass is 10.3. The average molecular weight is 136 g/mol. The minimum absolute atomic E-state index is 0.322. The van der Waals surface area contributed by atoms with Gasteiger partial charge in [-0.05, 0) is 12.1 Å². The van der Waals surface area contributed by atoms with Crippen LogP contribution >= 0.6 is 0 Å². The predicted molar refractivity (Wildman–Crippen MR) is 32.8 cm³/mol. The first-order valence-corrected chi connectivity index (χ1v) is 2.79. The lowest BCUT2D eigenvalue weighted by Crippen LogP contribution is -1.69. The fourth-order valence-corrected chi connectivity index (χ4v) is 0.785. The monoisotopic (exact) mass is 136 g/mol. The van der Waals surface area contributed by atoms with Crippen molar-refractivity contribution < 1.29 is 8.91 Å².